The molecule has 1 spiro atoms. The highest BCUT2D eigenvalue weighted by molar-refractivity contribution is 7.91. The smallest absolute Gasteiger partial charge is 0.408 e. The van der Waals surface area contributed by atoms with Gasteiger partial charge in [-0.3, -0.25) is 24.0 Å². The van der Waals surface area contributed by atoms with Crippen LogP contribution in [0.25, 0.3) is 10.9 Å². The lowest BCUT2D eigenvalue weighted by atomic mass is 9.87. The monoisotopic (exact) mass is 775 g/mol. The minimum absolute atomic E-state index is 0.0232. The highest BCUT2D eigenvalue weighted by Crippen LogP contribution is 2.51. The summed E-state index contributed by atoms with van der Waals surface area (Å²) in [7, 11) is -3.99. The van der Waals surface area contributed by atoms with Gasteiger partial charge in [0.05, 0.1) is 22.5 Å². The Morgan fingerprint density at radius 1 is 1.07 bits per heavy atom. The first-order chi connectivity index (χ1) is 26.1. The lowest BCUT2D eigenvalue weighted by molar-refractivity contribution is -0.144. The lowest BCUT2D eigenvalue weighted by Gasteiger charge is -2.41. The molecule has 296 valence electrons. The molecule has 8 rings (SSSR count). The quantitative estimate of drug-likeness (QED) is 0.336. The van der Waals surface area contributed by atoms with Crippen molar-refractivity contribution < 1.29 is 37.4 Å². The number of pyridine rings is 1. The van der Waals surface area contributed by atoms with Crippen molar-refractivity contribution in [1.29, 1.82) is 0 Å². The van der Waals surface area contributed by atoms with Crippen LogP contribution in [0.15, 0.2) is 36.4 Å². The maximum atomic E-state index is 15.2. The van der Waals surface area contributed by atoms with E-state index in [9.17, 15) is 27.9 Å². The molecule has 14 heteroatoms. The largest absolute Gasteiger partial charge is 0.483 e. The van der Waals surface area contributed by atoms with Gasteiger partial charge in [-0.25, -0.2) is 18.2 Å². The summed E-state index contributed by atoms with van der Waals surface area (Å²) in [6.45, 7) is 7.51. The number of aryl methyl sites for hydroxylation is 2. The number of nitrogens with zero attached hydrogens (tertiary/aromatic N) is 3. The fraction of sp³-hybridized carbons (Fsp3) is 0.634. The van der Waals surface area contributed by atoms with E-state index < -0.39 is 73.3 Å². The van der Waals surface area contributed by atoms with Crippen molar-refractivity contribution in [2.75, 3.05) is 6.54 Å². The Bertz CT molecular complexity index is 2090. The number of carbonyl (C=O) groups excluding carboxylic acids is 3. The highest BCUT2D eigenvalue weighted by Gasteiger charge is 2.64. The van der Waals surface area contributed by atoms with Gasteiger partial charge in [0, 0.05) is 28.8 Å². The van der Waals surface area contributed by atoms with Crippen molar-refractivity contribution in [3.05, 3.63) is 47.7 Å². The van der Waals surface area contributed by atoms with Gasteiger partial charge in [0.1, 0.15) is 29.0 Å². The Labute approximate surface area is 322 Å². The van der Waals surface area contributed by atoms with Gasteiger partial charge in [-0.2, -0.15) is 0 Å². The maximum Gasteiger partial charge on any atom is 0.408 e. The second kappa shape index (κ2) is 13.2. The molecule has 1 aromatic heterocycles. The molecule has 2 aromatic rings. The van der Waals surface area contributed by atoms with E-state index in [2.05, 4.69) is 10.0 Å². The molecule has 3 aliphatic carbocycles. The Kier molecular flexibility index (Phi) is 9.05. The zero-order chi connectivity index (χ0) is 39.1. The number of rotatable bonds is 6. The molecule has 5 atom stereocenters. The number of carboxylic acid groups (broad SMARTS) is 1. The number of sulfonamides is 1. The Hall–Kier alpha value is -4.20. The molecule has 3 N–H and O–H groups in total. The van der Waals surface area contributed by atoms with Crippen LogP contribution >= 0.6 is 0 Å². The van der Waals surface area contributed by atoms with Gasteiger partial charge < -0.3 is 20.1 Å². The molecule has 1 saturated heterocycles. The predicted molar refractivity (Wildman–Crippen MR) is 205 cm³/mol. The number of aromatic nitrogens is 1. The fourth-order valence-corrected chi connectivity index (χ4v) is 10.9. The number of hydrogen-bond acceptors (Lipinski definition) is 8. The second-order valence-corrected chi connectivity index (χ2v) is 19.8. The first-order valence-corrected chi connectivity index (χ1v) is 21.5. The molecule has 13 nitrogen and oxygen atoms in total. The van der Waals surface area contributed by atoms with Crippen LogP contribution in [0, 0.1) is 18.8 Å². The van der Waals surface area contributed by atoms with E-state index in [1.807, 2.05) is 57.2 Å². The summed E-state index contributed by atoms with van der Waals surface area (Å²) in [5.41, 5.74) is -0.601. The number of amides is 4. The summed E-state index contributed by atoms with van der Waals surface area (Å²) < 4.78 is 34.7. The van der Waals surface area contributed by atoms with E-state index in [0.717, 1.165) is 29.3 Å². The van der Waals surface area contributed by atoms with E-state index >= 15 is 4.79 Å². The lowest BCUT2D eigenvalue weighted by Crippen LogP contribution is -2.61. The summed E-state index contributed by atoms with van der Waals surface area (Å²) >= 11 is 0. The van der Waals surface area contributed by atoms with Crippen LogP contribution in [0.1, 0.15) is 109 Å². The normalized spacial score (nSPS) is 31.5. The molecular formula is C41H53N5O8S. The van der Waals surface area contributed by atoms with Gasteiger partial charge in [0.2, 0.25) is 21.8 Å². The molecule has 0 unspecified atom stereocenters. The summed E-state index contributed by atoms with van der Waals surface area (Å²) in [5, 5.41) is 14.7. The van der Waals surface area contributed by atoms with Crippen molar-refractivity contribution in [3.8, 4) is 5.75 Å². The molecule has 4 heterocycles. The molecule has 0 radical (unpaired) electrons. The van der Waals surface area contributed by atoms with Crippen LogP contribution in [-0.4, -0.2) is 92.2 Å². The molecule has 4 fully saturated rings. The minimum atomic E-state index is -3.99. The summed E-state index contributed by atoms with van der Waals surface area (Å²) in [5.74, 6) is -1.64. The Morgan fingerprint density at radius 2 is 1.82 bits per heavy atom. The van der Waals surface area contributed by atoms with Crippen LogP contribution < -0.4 is 14.8 Å². The van der Waals surface area contributed by atoms with Crippen molar-refractivity contribution in [2.24, 2.45) is 11.8 Å². The molecule has 1 aromatic carbocycles. The molecular weight excluding hydrogens is 723 g/mol. The van der Waals surface area contributed by atoms with Gasteiger partial charge in [0.15, 0.2) is 0 Å². The number of benzene rings is 1. The number of para-hydroxylation sites is 1. The number of carbonyl (C=O) groups is 4. The first kappa shape index (κ1) is 37.7. The minimum Gasteiger partial charge on any atom is -0.483 e. The maximum absolute atomic E-state index is 15.2. The predicted octanol–water partition coefficient (Wildman–Crippen LogP) is 5.14. The third kappa shape index (κ3) is 6.36. The van der Waals surface area contributed by atoms with Gasteiger partial charge in [-0.1, -0.05) is 57.0 Å². The molecule has 3 saturated carbocycles. The Balaban J connectivity index is 1.18. The summed E-state index contributed by atoms with van der Waals surface area (Å²) in [6.07, 6.45) is 9.50. The first-order valence-electron chi connectivity index (χ1n) is 20.0. The van der Waals surface area contributed by atoms with E-state index in [0.29, 0.717) is 69.2 Å². The van der Waals surface area contributed by atoms with Crippen LogP contribution in [-0.2, 0) is 30.8 Å². The van der Waals surface area contributed by atoms with Crippen LogP contribution in [0.2, 0.25) is 0 Å². The third-order valence-electron chi connectivity index (χ3n) is 13.7. The number of allylic oxidation sites excluding steroid dienone is 1. The molecule has 55 heavy (non-hydrogen) atoms. The van der Waals surface area contributed by atoms with Gasteiger partial charge in [-0.05, 0) is 90.0 Å². The Morgan fingerprint density at radius 3 is 2.51 bits per heavy atom. The van der Waals surface area contributed by atoms with Gasteiger partial charge in [-0.15, -0.1) is 0 Å². The highest BCUT2D eigenvalue weighted by atomic mass is 32.2. The molecule has 0 bridgehead atoms. The molecule has 6 aliphatic rings. The number of ether oxygens (including phenoxy) is 1. The topological polar surface area (TPSA) is 175 Å². The van der Waals surface area contributed by atoms with E-state index in [1.54, 1.807) is 6.92 Å². The zero-order valence-corrected chi connectivity index (χ0v) is 33.0. The third-order valence-corrected chi connectivity index (χ3v) is 15.8. The number of hydrogen-bond donors (Lipinski definition) is 3. The van der Waals surface area contributed by atoms with E-state index in [1.165, 1.54) is 9.80 Å². The van der Waals surface area contributed by atoms with Crippen LogP contribution in [0.4, 0.5) is 4.79 Å². The van der Waals surface area contributed by atoms with E-state index in [4.69, 9.17) is 9.72 Å². The van der Waals surface area contributed by atoms with Crippen molar-refractivity contribution in [1.82, 2.24) is 24.8 Å². The average Bonchev–Trinajstić information content (AvgIpc) is 4.08. The number of fused-ring (bicyclic) bond motifs is 5. The summed E-state index contributed by atoms with van der Waals surface area (Å²) in [4.78, 5) is 64.8. The number of nitrogens with one attached hydrogen (secondary N) is 2. The van der Waals surface area contributed by atoms with Gasteiger partial charge in [0.25, 0.3) is 5.91 Å². The fourth-order valence-electron chi connectivity index (χ4n) is 9.59. The zero-order valence-electron chi connectivity index (χ0n) is 32.2. The SMILES string of the molecule is Cc1nc2ccccc2c2c1O[C@]1(CC2)C[C@H]2C(=O)N[C@]3(C(=O)NS(=O)(=O)C4(C)CC4)C[C@H]3/C=C\CCCCC[C@H](N(C(=O)O)C3(C(C)C)CC3)C(=O)N2C1. The molecule has 4 amide bonds. The second-order valence-electron chi connectivity index (χ2n) is 17.6. The van der Waals surface area contributed by atoms with E-state index in [-0.39, 0.29) is 25.3 Å². The van der Waals surface area contributed by atoms with Gasteiger partial charge >= 0.3 is 6.09 Å². The van der Waals surface area contributed by atoms with Crippen molar-refractivity contribution >= 4 is 44.7 Å². The van der Waals surface area contributed by atoms with Crippen molar-refractivity contribution in [3.63, 3.8) is 0 Å². The summed E-state index contributed by atoms with van der Waals surface area (Å²) in [6, 6.07) is 5.75. The van der Waals surface area contributed by atoms with Crippen LogP contribution in [0.5, 0.6) is 5.75 Å². The standard InChI is InChI=1S/C41H53N5O8S/c1-25(2)40(20-21-40)46(37(50)51)31-15-9-7-5-6-8-12-27-22-41(27,36(49)44-55(52,53)38(4)18-19-38)43-34(47)32-23-39(24-45(32)35(31)48)17-16-29-28-13-10-11-14-30(28)42-26(3)33(29)54-39/h8,10-14,25,27,31-32H,5-7,9,15-24H2,1-4H3,(H,43,47)(H,44,49)(H,50,51)/b12-8-/t27-,31+,32+,39-,41-/m1/s1. The average molecular weight is 776 g/mol. The molecule has 3 aliphatic heterocycles. The van der Waals surface area contributed by atoms with Crippen LogP contribution in [0.3, 0.4) is 0 Å². The van der Waals surface area contributed by atoms with Crippen molar-refractivity contribution in [2.45, 2.75) is 145 Å².